The van der Waals surface area contributed by atoms with E-state index in [-0.39, 0.29) is 35.4 Å². The van der Waals surface area contributed by atoms with Crippen LogP contribution in [0.4, 0.5) is 17.2 Å². The molecule has 1 amide bonds. The minimum absolute atomic E-state index is 0. The highest BCUT2D eigenvalue weighted by atomic mass is 35.5. The summed E-state index contributed by atoms with van der Waals surface area (Å²) < 4.78 is 0. The number of nitriles is 1. The Hall–Kier alpha value is -3.80. The summed E-state index contributed by atoms with van der Waals surface area (Å²) in [5.74, 6) is 0.104. The van der Waals surface area contributed by atoms with Crippen LogP contribution >= 0.6 is 12.4 Å². The molecule has 1 aliphatic heterocycles. The number of hydrogen-bond acceptors (Lipinski definition) is 7. The number of phenolic OH excluding ortho intramolecular Hbond substituents is 1. The van der Waals surface area contributed by atoms with Crippen molar-refractivity contribution in [3.8, 4) is 34.2 Å². The lowest BCUT2D eigenvalue weighted by atomic mass is 9.97. The molecule has 4 rings (SSSR count). The van der Waals surface area contributed by atoms with Gasteiger partial charge in [0.05, 0.1) is 17.1 Å². The van der Waals surface area contributed by atoms with Gasteiger partial charge < -0.3 is 26.0 Å². The van der Waals surface area contributed by atoms with Gasteiger partial charge in [-0.1, -0.05) is 24.6 Å². The van der Waals surface area contributed by atoms with Gasteiger partial charge in [-0.15, -0.1) is 12.4 Å². The first-order chi connectivity index (χ1) is 17.4. The molecule has 1 saturated heterocycles. The molecule has 37 heavy (non-hydrogen) atoms. The van der Waals surface area contributed by atoms with Gasteiger partial charge in [-0.25, -0.2) is 4.98 Å². The lowest BCUT2D eigenvalue weighted by molar-refractivity contribution is -0.116. The average molecular weight is 521 g/mol. The van der Waals surface area contributed by atoms with Gasteiger partial charge in [-0.2, -0.15) is 5.26 Å². The molecule has 0 atom stereocenters. The molecule has 8 nitrogen and oxygen atoms in total. The predicted molar refractivity (Wildman–Crippen MR) is 151 cm³/mol. The van der Waals surface area contributed by atoms with Crippen molar-refractivity contribution in [2.24, 2.45) is 0 Å². The molecule has 0 spiro atoms. The molecule has 9 heteroatoms. The van der Waals surface area contributed by atoms with E-state index in [0.29, 0.717) is 34.5 Å². The van der Waals surface area contributed by atoms with Crippen LogP contribution in [0, 0.1) is 11.3 Å². The fourth-order valence-electron chi connectivity index (χ4n) is 4.59. The summed E-state index contributed by atoms with van der Waals surface area (Å²) in [6.45, 7) is 2.84. The number of nitrogen functional groups attached to an aromatic ring is 1. The summed E-state index contributed by atoms with van der Waals surface area (Å²) in [6, 6.07) is 16.4. The molecular weight excluding hydrogens is 488 g/mol. The Morgan fingerprint density at radius 2 is 1.86 bits per heavy atom. The van der Waals surface area contributed by atoms with Gasteiger partial charge in [0.15, 0.2) is 0 Å². The summed E-state index contributed by atoms with van der Waals surface area (Å²) >= 11 is 0. The number of para-hydroxylation sites is 1. The summed E-state index contributed by atoms with van der Waals surface area (Å²) in [4.78, 5) is 21.5. The van der Waals surface area contributed by atoms with Gasteiger partial charge in [0.1, 0.15) is 23.2 Å². The van der Waals surface area contributed by atoms with Crippen LogP contribution in [0.15, 0.2) is 48.5 Å². The molecule has 0 bridgehead atoms. The van der Waals surface area contributed by atoms with E-state index in [1.807, 2.05) is 37.2 Å². The molecule has 1 aromatic heterocycles. The normalized spacial score (nSPS) is 13.3. The standard InChI is InChI=1S/C28H32N6O2.ClH/c1-33(2)25-11-10-19(16-24(25)31-27(36)12-15-34-13-6-3-7-14-34)21-17-23(32-28(30)22(21)18-29)20-8-4-5-9-26(20)35;/h4-5,8-11,16-17,35H,3,6-7,12-15H2,1-2H3,(H2,30,32)(H,31,36);1H. The molecule has 2 aromatic carbocycles. The first-order valence-electron chi connectivity index (χ1n) is 12.2. The fraction of sp³-hybridized carbons (Fsp3) is 0.321. The van der Waals surface area contributed by atoms with Crippen LogP contribution in [0.3, 0.4) is 0 Å². The fourth-order valence-corrected chi connectivity index (χ4v) is 4.59. The van der Waals surface area contributed by atoms with Crippen molar-refractivity contribution in [3.63, 3.8) is 0 Å². The monoisotopic (exact) mass is 520 g/mol. The van der Waals surface area contributed by atoms with E-state index in [1.54, 1.807) is 30.3 Å². The number of carbonyl (C=O) groups excluding carboxylic acids is 1. The lowest BCUT2D eigenvalue weighted by Crippen LogP contribution is -2.32. The van der Waals surface area contributed by atoms with Gasteiger partial charge >= 0.3 is 0 Å². The molecule has 194 valence electrons. The van der Waals surface area contributed by atoms with Gasteiger partial charge in [0.2, 0.25) is 5.91 Å². The summed E-state index contributed by atoms with van der Waals surface area (Å²) in [5, 5.41) is 23.2. The van der Waals surface area contributed by atoms with Crippen molar-refractivity contribution in [2.45, 2.75) is 25.7 Å². The smallest absolute Gasteiger partial charge is 0.225 e. The zero-order chi connectivity index (χ0) is 25.7. The van der Waals surface area contributed by atoms with Crippen LogP contribution in [0.25, 0.3) is 22.4 Å². The van der Waals surface area contributed by atoms with E-state index >= 15 is 0 Å². The number of rotatable bonds is 7. The molecule has 1 aliphatic rings. The lowest BCUT2D eigenvalue weighted by Gasteiger charge is -2.26. The van der Waals surface area contributed by atoms with Crippen LogP contribution in [0.5, 0.6) is 5.75 Å². The molecule has 0 saturated carbocycles. The number of nitrogens with one attached hydrogen (secondary N) is 1. The van der Waals surface area contributed by atoms with Crippen molar-refractivity contribution in [2.75, 3.05) is 49.7 Å². The highest BCUT2D eigenvalue weighted by Crippen LogP contribution is 2.37. The Balaban J connectivity index is 0.00000380. The minimum Gasteiger partial charge on any atom is -0.507 e. The number of pyridine rings is 1. The number of aromatic hydroxyl groups is 1. The Morgan fingerprint density at radius 1 is 1.14 bits per heavy atom. The molecule has 0 radical (unpaired) electrons. The number of hydrogen-bond donors (Lipinski definition) is 3. The second kappa shape index (κ2) is 12.4. The van der Waals surface area contributed by atoms with Crippen molar-refractivity contribution in [3.05, 3.63) is 54.1 Å². The highest BCUT2D eigenvalue weighted by Gasteiger charge is 2.18. The van der Waals surface area contributed by atoms with Gasteiger partial charge in [-0.3, -0.25) is 4.79 Å². The number of amides is 1. The maximum Gasteiger partial charge on any atom is 0.225 e. The van der Waals surface area contributed by atoms with E-state index in [1.165, 1.54) is 19.3 Å². The number of piperidine rings is 1. The molecule has 4 N–H and O–H groups in total. The van der Waals surface area contributed by atoms with Crippen LogP contribution in [-0.2, 0) is 4.79 Å². The molecular formula is C28H33ClN6O2. The summed E-state index contributed by atoms with van der Waals surface area (Å²) in [6.07, 6.45) is 4.05. The molecule has 0 unspecified atom stereocenters. The zero-order valence-electron chi connectivity index (χ0n) is 21.2. The topological polar surface area (TPSA) is 119 Å². The number of carbonyl (C=O) groups is 1. The first-order valence-corrected chi connectivity index (χ1v) is 12.2. The average Bonchev–Trinajstić information content (AvgIpc) is 2.87. The number of nitrogens with zero attached hydrogens (tertiary/aromatic N) is 4. The maximum atomic E-state index is 12.9. The Morgan fingerprint density at radius 3 is 2.54 bits per heavy atom. The minimum atomic E-state index is -0.0505. The largest absolute Gasteiger partial charge is 0.507 e. The Kier molecular flexibility index (Phi) is 9.34. The highest BCUT2D eigenvalue weighted by molar-refractivity contribution is 5.96. The van der Waals surface area contributed by atoms with Crippen molar-refractivity contribution in [1.29, 1.82) is 5.26 Å². The molecule has 3 aromatic rings. The van der Waals surface area contributed by atoms with Crippen molar-refractivity contribution >= 4 is 35.5 Å². The zero-order valence-corrected chi connectivity index (χ0v) is 22.0. The molecule has 1 fully saturated rings. The third kappa shape index (κ3) is 6.50. The van der Waals surface area contributed by atoms with E-state index in [9.17, 15) is 15.2 Å². The van der Waals surface area contributed by atoms with Gasteiger partial charge in [0.25, 0.3) is 0 Å². The maximum absolute atomic E-state index is 12.9. The SMILES string of the molecule is CN(C)c1ccc(-c2cc(-c3ccccc3O)nc(N)c2C#N)cc1NC(=O)CCN1CCCCC1.Cl. The van der Waals surface area contributed by atoms with Crippen LogP contribution < -0.4 is 16.0 Å². The van der Waals surface area contributed by atoms with Crippen molar-refractivity contribution in [1.82, 2.24) is 9.88 Å². The number of likely N-dealkylation sites (tertiary alicyclic amines) is 1. The van der Waals surface area contributed by atoms with Crippen LogP contribution in [0.2, 0.25) is 0 Å². The summed E-state index contributed by atoms with van der Waals surface area (Å²) in [5.41, 5.74) is 10.2. The number of phenols is 1. The predicted octanol–water partition coefficient (Wildman–Crippen LogP) is 4.88. The molecule has 2 heterocycles. The summed E-state index contributed by atoms with van der Waals surface area (Å²) in [7, 11) is 3.83. The second-order valence-electron chi connectivity index (χ2n) is 9.27. The van der Waals surface area contributed by atoms with E-state index in [2.05, 4.69) is 21.3 Å². The van der Waals surface area contributed by atoms with E-state index < -0.39 is 0 Å². The second-order valence-corrected chi connectivity index (χ2v) is 9.27. The van der Waals surface area contributed by atoms with Crippen LogP contribution in [-0.4, -0.2) is 54.6 Å². The van der Waals surface area contributed by atoms with Crippen molar-refractivity contribution < 1.29 is 9.90 Å². The van der Waals surface area contributed by atoms with Crippen LogP contribution in [0.1, 0.15) is 31.2 Å². The Bertz CT molecular complexity index is 1300. The number of benzene rings is 2. The van der Waals surface area contributed by atoms with Gasteiger partial charge in [-0.05, 0) is 61.8 Å². The third-order valence-corrected chi connectivity index (χ3v) is 6.51. The van der Waals surface area contributed by atoms with E-state index in [4.69, 9.17) is 5.73 Å². The number of aromatic nitrogens is 1. The quantitative estimate of drug-likeness (QED) is 0.406. The number of nitrogens with two attached hydrogens (primary N) is 1. The first kappa shape index (κ1) is 27.8. The Labute approximate surface area is 224 Å². The number of halogens is 1. The third-order valence-electron chi connectivity index (χ3n) is 6.51. The van der Waals surface area contributed by atoms with Gasteiger partial charge in [0, 0.05) is 38.2 Å². The number of anilines is 3. The molecule has 0 aliphatic carbocycles. The van der Waals surface area contributed by atoms with E-state index in [0.717, 1.165) is 25.3 Å².